The first-order valence-corrected chi connectivity index (χ1v) is 7.69. The molecule has 0 radical (unpaired) electrons. The minimum atomic E-state index is -0.788. The summed E-state index contributed by atoms with van der Waals surface area (Å²) in [5.41, 5.74) is 3.06. The summed E-state index contributed by atoms with van der Waals surface area (Å²) in [4.78, 5) is 25.8. The minimum absolute atomic E-state index is 0.179. The third-order valence-electron chi connectivity index (χ3n) is 4.25. The van der Waals surface area contributed by atoms with Gasteiger partial charge in [-0.2, -0.15) is 0 Å². The molecule has 3 rings (SSSR count). The average molecular weight is 309 g/mol. The van der Waals surface area contributed by atoms with E-state index in [1.165, 1.54) is 0 Å². The zero-order chi connectivity index (χ0) is 16.4. The van der Waals surface area contributed by atoms with Gasteiger partial charge in [-0.25, -0.2) is 4.79 Å². The number of esters is 1. The largest absolute Gasteiger partial charge is 0.448 e. The van der Waals surface area contributed by atoms with Gasteiger partial charge in [0.2, 0.25) is 0 Å². The summed E-state index contributed by atoms with van der Waals surface area (Å²) in [6, 6.07) is 17.3. The maximum atomic E-state index is 12.2. The van der Waals surface area contributed by atoms with Crippen LogP contribution in [0.15, 0.2) is 54.6 Å². The molecule has 2 aromatic carbocycles. The van der Waals surface area contributed by atoms with Crippen LogP contribution in [-0.4, -0.2) is 23.3 Å². The zero-order valence-corrected chi connectivity index (χ0v) is 13.2. The molecule has 2 aromatic rings. The van der Waals surface area contributed by atoms with Crippen LogP contribution in [0.3, 0.4) is 0 Å². The molecule has 0 bridgehead atoms. The number of aryl methyl sites for hydroxylation is 1. The van der Waals surface area contributed by atoms with E-state index in [2.05, 4.69) is 0 Å². The molecule has 23 heavy (non-hydrogen) atoms. The van der Waals surface area contributed by atoms with Crippen LogP contribution in [0, 0.1) is 6.92 Å². The standard InChI is InChI=1S/C19H19NO3/c1-13-8-10-15(11-9-13)14(2)20-12-17(23-19(22)18(20)21)16-6-4-3-5-7-16/h3-11,14,17H,12H2,1-2H3. The molecule has 2 atom stereocenters. The first-order chi connectivity index (χ1) is 11.1. The number of carbonyl (C=O) groups excluding carboxylic acids is 2. The van der Waals surface area contributed by atoms with Gasteiger partial charge in [-0.1, -0.05) is 60.2 Å². The predicted octanol–water partition coefficient (Wildman–Crippen LogP) is 3.18. The number of ether oxygens (including phenoxy) is 1. The molecule has 1 saturated heterocycles. The molecule has 0 saturated carbocycles. The van der Waals surface area contributed by atoms with Crippen molar-refractivity contribution < 1.29 is 14.3 Å². The number of nitrogens with zero attached hydrogens (tertiary/aromatic N) is 1. The molecule has 1 heterocycles. The van der Waals surface area contributed by atoms with Crippen LogP contribution < -0.4 is 0 Å². The Bertz CT molecular complexity index is 709. The van der Waals surface area contributed by atoms with Crippen molar-refractivity contribution in [2.24, 2.45) is 0 Å². The fourth-order valence-corrected chi connectivity index (χ4v) is 2.80. The number of benzene rings is 2. The van der Waals surface area contributed by atoms with E-state index >= 15 is 0 Å². The van der Waals surface area contributed by atoms with Crippen molar-refractivity contribution in [2.75, 3.05) is 6.54 Å². The lowest BCUT2D eigenvalue weighted by molar-refractivity contribution is -0.175. The molecule has 0 spiro atoms. The predicted molar refractivity (Wildman–Crippen MR) is 86.6 cm³/mol. The van der Waals surface area contributed by atoms with Gasteiger partial charge < -0.3 is 9.64 Å². The summed E-state index contributed by atoms with van der Waals surface area (Å²) in [6.45, 7) is 4.32. The van der Waals surface area contributed by atoms with Crippen molar-refractivity contribution in [1.82, 2.24) is 4.90 Å². The lowest BCUT2D eigenvalue weighted by Gasteiger charge is -2.36. The molecule has 1 aliphatic rings. The second-order valence-electron chi connectivity index (χ2n) is 5.85. The molecule has 118 valence electrons. The third kappa shape index (κ3) is 3.11. The Morgan fingerprint density at radius 3 is 2.35 bits per heavy atom. The van der Waals surface area contributed by atoms with Crippen LogP contribution in [0.25, 0.3) is 0 Å². The van der Waals surface area contributed by atoms with Gasteiger partial charge in [-0.15, -0.1) is 0 Å². The minimum Gasteiger partial charge on any atom is -0.448 e. The molecule has 0 aromatic heterocycles. The molecule has 1 aliphatic heterocycles. The molecule has 1 fully saturated rings. The number of cyclic esters (lactones) is 1. The summed E-state index contributed by atoms with van der Waals surface area (Å²) in [5.74, 6) is -1.37. The highest BCUT2D eigenvalue weighted by molar-refractivity contribution is 6.33. The zero-order valence-electron chi connectivity index (χ0n) is 13.2. The number of hydrogen-bond donors (Lipinski definition) is 0. The Morgan fingerprint density at radius 1 is 1.04 bits per heavy atom. The molecule has 2 unspecified atom stereocenters. The summed E-state index contributed by atoms with van der Waals surface area (Å²) in [7, 11) is 0. The summed E-state index contributed by atoms with van der Waals surface area (Å²) >= 11 is 0. The van der Waals surface area contributed by atoms with Crippen molar-refractivity contribution in [1.29, 1.82) is 0 Å². The number of rotatable bonds is 3. The average Bonchev–Trinajstić information content (AvgIpc) is 2.58. The highest BCUT2D eigenvalue weighted by atomic mass is 16.6. The number of hydrogen-bond acceptors (Lipinski definition) is 3. The maximum absolute atomic E-state index is 12.2. The molecular weight excluding hydrogens is 290 g/mol. The molecule has 4 nitrogen and oxygen atoms in total. The van der Waals surface area contributed by atoms with Gasteiger partial charge in [0.25, 0.3) is 0 Å². The Morgan fingerprint density at radius 2 is 1.70 bits per heavy atom. The monoisotopic (exact) mass is 309 g/mol. The van der Waals surface area contributed by atoms with Crippen LogP contribution in [0.2, 0.25) is 0 Å². The van der Waals surface area contributed by atoms with Crippen LogP contribution in [0.4, 0.5) is 0 Å². The number of amides is 1. The highest BCUT2D eigenvalue weighted by Crippen LogP contribution is 2.29. The van der Waals surface area contributed by atoms with Crippen LogP contribution in [-0.2, 0) is 14.3 Å². The van der Waals surface area contributed by atoms with E-state index in [1.807, 2.05) is 68.4 Å². The number of morpholine rings is 1. The van der Waals surface area contributed by atoms with Gasteiger partial charge in [-0.05, 0) is 25.0 Å². The fourth-order valence-electron chi connectivity index (χ4n) is 2.80. The Hall–Kier alpha value is -2.62. The van der Waals surface area contributed by atoms with Crippen LogP contribution >= 0.6 is 0 Å². The van der Waals surface area contributed by atoms with Gasteiger partial charge in [0.15, 0.2) is 0 Å². The lowest BCUT2D eigenvalue weighted by atomic mass is 10.0. The Kier molecular flexibility index (Phi) is 4.15. The number of carbonyl (C=O) groups is 2. The maximum Gasteiger partial charge on any atom is 0.397 e. The van der Waals surface area contributed by atoms with Crippen LogP contribution in [0.5, 0.6) is 0 Å². The first-order valence-electron chi connectivity index (χ1n) is 7.69. The van der Waals surface area contributed by atoms with Gasteiger partial charge in [0.1, 0.15) is 6.10 Å². The van der Waals surface area contributed by atoms with Crippen molar-refractivity contribution >= 4 is 11.9 Å². The van der Waals surface area contributed by atoms with E-state index in [0.29, 0.717) is 6.54 Å². The normalized spacial score (nSPS) is 19.4. The molecule has 4 heteroatoms. The van der Waals surface area contributed by atoms with Crippen molar-refractivity contribution in [3.8, 4) is 0 Å². The van der Waals surface area contributed by atoms with Gasteiger partial charge in [0.05, 0.1) is 12.6 Å². The van der Waals surface area contributed by atoms with E-state index < -0.39 is 18.0 Å². The van der Waals surface area contributed by atoms with Crippen molar-refractivity contribution in [3.05, 3.63) is 71.3 Å². The smallest absolute Gasteiger partial charge is 0.397 e. The van der Waals surface area contributed by atoms with Crippen molar-refractivity contribution in [2.45, 2.75) is 26.0 Å². The Labute approximate surface area is 135 Å². The van der Waals surface area contributed by atoms with E-state index in [9.17, 15) is 9.59 Å². The highest BCUT2D eigenvalue weighted by Gasteiger charge is 2.37. The third-order valence-corrected chi connectivity index (χ3v) is 4.25. The fraction of sp³-hybridized carbons (Fsp3) is 0.263. The SMILES string of the molecule is Cc1ccc(C(C)N2CC(c3ccccc3)OC(=O)C2=O)cc1. The quantitative estimate of drug-likeness (QED) is 0.646. The van der Waals surface area contributed by atoms with E-state index in [4.69, 9.17) is 4.74 Å². The van der Waals surface area contributed by atoms with Gasteiger partial charge in [-0.3, -0.25) is 4.79 Å². The van der Waals surface area contributed by atoms with E-state index in [1.54, 1.807) is 4.90 Å². The first kappa shape index (κ1) is 15.3. The summed E-state index contributed by atoms with van der Waals surface area (Å²) in [6.07, 6.45) is -0.422. The van der Waals surface area contributed by atoms with Gasteiger partial charge in [0, 0.05) is 0 Å². The summed E-state index contributed by atoms with van der Waals surface area (Å²) < 4.78 is 5.29. The molecular formula is C19H19NO3. The van der Waals surface area contributed by atoms with Crippen LogP contribution in [0.1, 0.15) is 35.8 Å². The second-order valence-corrected chi connectivity index (χ2v) is 5.85. The topological polar surface area (TPSA) is 46.6 Å². The molecule has 0 aliphatic carbocycles. The molecule has 0 N–H and O–H groups in total. The lowest BCUT2D eigenvalue weighted by Crippen LogP contribution is -2.47. The van der Waals surface area contributed by atoms with E-state index in [-0.39, 0.29) is 6.04 Å². The molecule has 1 amide bonds. The van der Waals surface area contributed by atoms with Crippen molar-refractivity contribution in [3.63, 3.8) is 0 Å². The van der Waals surface area contributed by atoms with E-state index in [0.717, 1.165) is 16.7 Å². The Balaban J connectivity index is 1.86. The second kappa shape index (κ2) is 6.24. The van der Waals surface area contributed by atoms with Gasteiger partial charge >= 0.3 is 11.9 Å². The summed E-state index contributed by atoms with van der Waals surface area (Å²) in [5, 5.41) is 0.